The normalized spacial score (nSPS) is 10.7. The van der Waals surface area contributed by atoms with Gasteiger partial charge in [-0.05, 0) is 36.4 Å². The first-order valence-electron chi connectivity index (χ1n) is 6.23. The zero-order chi connectivity index (χ0) is 15.0. The number of phenolic OH excluding ortho intramolecular Hbond substituents is 2. The van der Waals surface area contributed by atoms with Gasteiger partial charge in [-0.3, -0.25) is 4.79 Å². The van der Waals surface area contributed by atoms with Gasteiger partial charge < -0.3 is 19.4 Å². The van der Waals surface area contributed by atoms with Crippen molar-refractivity contribution in [2.75, 3.05) is 7.11 Å². The SMILES string of the molecule is COc1c(O)ccc2oc(-c3ccc(O)cc3)cc(=O)c12. The number of fused-ring (bicyclic) bond motifs is 1. The lowest BCUT2D eigenvalue weighted by atomic mass is 10.1. The number of phenols is 2. The molecule has 0 saturated heterocycles. The summed E-state index contributed by atoms with van der Waals surface area (Å²) in [5, 5.41) is 19.2. The molecule has 2 aromatic carbocycles. The molecule has 3 aromatic rings. The van der Waals surface area contributed by atoms with Gasteiger partial charge in [0.2, 0.25) is 0 Å². The summed E-state index contributed by atoms with van der Waals surface area (Å²) in [6.07, 6.45) is 0. The lowest BCUT2D eigenvalue weighted by molar-refractivity contribution is 0.377. The topological polar surface area (TPSA) is 79.9 Å². The fourth-order valence-electron chi connectivity index (χ4n) is 2.19. The van der Waals surface area contributed by atoms with E-state index in [2.05, 4.69) is 0 Å². The molecule has 5 nitrogen and oxygen atoms in total. The molecule has 0 fully saturated rings. The molecule has 0 bridgehead atoms. The first-order valence-corrected chi connectivity index (χ1v) is 6.23. The number of methoxy groups -OCH3 is 1. The highest BCUT2D eigenvalue weighted by atomic mass is 16.5. The van der Waals surface area contributed by atoms with Crippen molar-refractivity contribution in [1.82, 2.24) is 0 Å². The van der Waals surface area contributed by atoms with Crippen LogP contribution in [0.4, 0.5) is 0 Å². The van der Waals surface area contributed by atoms with E-state index in [1.54, 1.807) is 12.1 Å². The van der Waals surface area contributed by atoms with E-state index in [1.165, 1.54) is 37.4 Å². The largest absolute Gasteiger partial charge is 0.508 e. The lowest BCUT2D eigenvalue weighted by Gasteiger charge is -2.08. The minimum atomic E-state index is -0.313. The van der Waals surface area contributed by atoms with Crippen molar-refractivity contribution in [3.8, 4) is 28.6 Å². The van der Waals surface area contributed by atoms with Gasteiger partial charge >= 0.3 is 0 Å². The molecule has 2 N–H and O–H groups in total. The van der Waals surface area contributed by atoms with E-state index in [0.717, 1.165) is 0 Å². The molecule has 21 heavy (non-hydrogen) atoms. The molecular formula is C16H12O5. The molecule has 0 unspecified atom stereocenters. The van der Waals surface area contributed by atoms with Crippen molar-refractivity contribution in [2.24, 2.45) is 0 Å². The zero-order valence-corrected chi connectivity index (χ0v) is 11.2. The molecule has 0 aliphatic carbocycles. The predicted molar refractivity (Wildman–Crippen MR) is 77.8 cm³/mol. The maximum atomic E-state index is 12.3. The van der Waals surface area contributed by atoms with Crippen LogP contribution in [-0.2, 0) is 0 Å². The Morgan fingerprint density at radius 3 is 2.43 bits per heavy atom. The van der Waals surface area contributed by atoms with Crippen LogP contribution < -0.4 is 10.2 Å². The molecule has 0 aliphatic rings. The highest BCUT2D eigenvalue weighted by Crippen LogP contribution is 2.34. The molecule has 3 rings (SSSR count). The van der Waals surface area contributed by atoms with Gasteiger partial charge in [0.05, 0.1) is 7.11 Å². The Labute approximate surface area is 119 Å². The maximum Gasteiger partial charge on any atom is 0.197 e. The first-order chi connectivity index (χ1) is 10.1. The Morgan fingerprint density at radius 1 is 1.05 bits per heavy atom. The zero-order valence-electron chi connectivity index (χ0n) is 11.2. The predicted octanol–water partition coefficient (Wildman–Crippen LogP) is 2.88. The first kappa shape index (κ1) is 13.1. The summed E-state index contributed by atoms with van der Waals surface area (Å²) < 4.78 is 10.8. The van der Waals surface area contributed by atoms with Gasteiger partial charge in [0.15, 0.2) is 16.9 Å². The van der Waals surface area contributed by atoms with E-state index >= 15 is 0 Å². The molecule has 0 amide bonds. The third-order valence-corrected chi connectivity index (χ3v) is 3.18. The van der Waals surface area contributed by atoms with Crippen LogP contribution in [0.1, 0.15) is 0 Å². The number of rotatable bonds is 2. The van der Waals surface area contributed by atoms with E-state index in [4.69, 9.17) is 9.15 Å². The van der Waals surface area contributed by atoms with Gasteiger partial charge in [0.25, 0.3) is 0 Å². The number of benzene rings is 2. The second kappa shape index (κ2) is 4.86. The maximum absolute atomic E-state index is 12.3. The van der Waals surface area contributed by atoms with Gasteiger partial charge in [-0.15, -0.1) is 0 Å². The van der Waals surface area contributed by atoms with Gasteiger partial charge in [-0.25, -0.2) is 0 Å². The standard InChI is InChI=1S/C16H12O5/c1-20-16-11(18)6-7-13-15(16)12(19)8-14(21-13)9-2-4-10(17)5-3-9/h2-8,17-18H,1H3. The van der Waals surface area contributed by atoms with E-state index in [9.17, 15) is 15.0 Å². The number of aromatic hydroxyl groups is 2. The van der Waals surface area contributed by atoms with Crippen molar-refractivity contribution in [3.05, 3.63) is 52.7 Å². The molecule has 106 valence electrons. The summed E-state index contributed by atoms with van der Waals surface area (Å²) in [4.78, 5) is 12.3. The third-order valence-electron chi connectivity index (χ3n) is 3.18. The highest BCUT2D eigenvalue weighted by molar-refractivity contribution is 5.87. The van der Waals surface area contributed by atoms with E-state index in [-0.39, 0.29) is 28.1 Å². The average Bonchev–Trinajstić information content (AvgIpc) is 2.48. The van der Waals surface area contributed by atoms with E-state index < -0.39 is 0 Å². The minimum absolute atomic E-state index is 0.0958. The summed E-state index contributed by atoms with van der Waals surface area (Å²) in [7, 11) is 1.38. The van der Waals surface area contributed by atoms with Crippen molar-refractivity contribution in [2.45, 2.75) is 0 Å². The molecule has 5 heteroatoms. The molecule has 0 aliphatic heterocycles. The van der Waals surface area contributed by atoms with Crippen molar-refractivity contribution in [3.63, 3.8) is 0 Å². The Balaban J connectivity index is 2.27. The monoisotopic (exact) mass is 284 g/mol. The Hall–Kier alpha value is -2.95. The van der Waals surface area contributed by atoms with Crippen LogP contribution in [0.3, 0.4) is 0 Å². The second-order valence-corrected chi connectivity index (χ2v) is 4.51. The van der Waals surface area contributed by atoms with Crippen LogP contribution in [0.15, 0.2) is 51.7 Å². The summed E-state index contributed by atoms with van der Waals surface area (Å²) >= 11 is 0. The fourth-order valence-corrected chi connectivity index (χ4v) is 2.19. The number of hydrogen-bond acceptors (Lipinski definition) is 5. The molecular weight excluding hydrogens is 272 g/mol. The quantitative estimate of drug-likeness (QED) is 0.756. The third kappa shape index (κ3) is 2.18. The Morgan fingerprint density at radius 2 is 1.76 bits per heavy atom. The van der Waals surface area contributed by atoms with Crippen LogP contribution in [0.5, 0.6) is 17.2 Å². The van der Waals surface area contributed by atoms with Crippen LogP contribution in [0.2, 0.25) is 0 Å². The van der Waals surface area contributed by atoms with Crippen LogP contribution in [0, 0.1) is 0 Å². The molecule has 1 heterocycles. The minimum Gasteiger partial charge on any atom is -0.508 e. The summed E-state index contributed by atoms with van der Waals surface area (Å²) in [6, 6.07) is 10.6. The fraction of sp³-hybridized carbons (Fsp3) is 0.0625. The van der Waals surface area contributed by atoms with Gasteiger partial charge in [-0.2, -0.15) is 0 Å². The van der Waals surface area contributed by atoms with Gasteiger partial charge in [-0.1, -0.05) is 0 Å². The lowest BCUT2D eigenvalue weighted by Crippen LogP contribution is -2.02. The Kier molecular flexibility index (Phi) is 3.02. The number of hydrogen-bond donors (Lipinski definition) is 2. The summed E-state index contributed by atoms with van der Waals surface area (Å²) in [5.41, 5.74) is 0.672. The van der Waals surface area contributed by atoms with Crippen LogP contribution >= 0.6 is 0 Å². The molecule has 0 spiro atoms. The summed E-state index contributed by atoms with van der Waals surface area (Å²) in [5.74, 6) is 0.488. The highest BCUT2D eigenvalue weighted by Gasteiger charge is 2.14. The van der Waals surface area contributed by atoms with Crippen molar-refractivity contribution in [1.29, 1.82) is 0 Å². The number of ether oxygens (including phenoxy) is 1. The molecule has 0 saturated carbocycles. The van der Waals surface area contributed by atoms with E-state index in [1.807, 2.05) is 0 Å². The second-order valence-electron chi connectivity index (χ2n) is 4.51. The van der Waals surface area contributed by atoms with E-state index in [0.29, 0.717) is 16.9 Å². The van der Waals surface area contributed by atoms with Crippen molar-refractivity contribution < 1.29 is 19.4 Å². The molecule has 0 radical (unpaired) electrons. The summed E-state index contributed by atoms with van der Waals surface area (Å²) in [6.45, 7) is 0. The Bertz CT molecular complexity index is 862. The van der Waals surface area contributed by atoms with Gasteiger partial charge in [0, 0.05) is 11.6 Å². The molecule has 0 atom stereocenters. The van der Waals surface area contributed by atoms with Crippen molar-refractivity contribution >= 4 is 11.0 Å². The average molecular weight is 284 g/mol. The molecule has 1 aromatic heterocycles. The van der Waals surface area contributed by atoms with Crippen LogP contribution in [-0.4, -0.2) is 17.3 Å². The van der Waals surface area contributed by atoms with Gasteiger partial charge in [0.1, 0.15) is 22.5 Å². The smallest absolute Gasteiger partial charge is 0.197 e. The van der Waals surface area contributed by atoms with Crippen LogP contribution in [0.25, 0.3) is 22.3 Å².